The van der Waals surface area contributed by atoms with Crippen molar-refractivity contribution < 1.29 is 22.7 Å². The molecule has 0 N–H and O–H groups in total. The van der Waals surface area contributed by atoms with E-state index in [4.69, 9.17) is 9.47 Å². The summed E-state index contributed by atoms with van der Waals surface area (Å²) < 4.78 is 38.1. The van der Waals surface area contributed by atoms with E-state index < -0.39 is 10.0 Å². The van der Waals surface area contributed by atoms with Crippen molar-refractivity contribution in [2.75, 3.05) is 33.4 Å². The second-order valence-corrected chi connectivity index (χ2v) is 9.33. The van der Waals surface area contributed by atoms with Crippen LogP contribution in [0.1, 0.15) is 29.8 Å². The minimum Gasteiger partial charge on any atom is -0.496 e. The molecule has 0 saturated carbocycles. The van der Waals surface area contributed by atoms with Gasteiger partial charge < -0.3 is 14.4 Å². The van der Waals surface area contributed by atoms with Crippen LogP contribution in [0.5, 0.6) is 5.75 Å². The summed E-state index contributed by atoms with van der Waals surface area (Å²) in [6.45, 7) is 5.59. The third-order valence-electron chi connectivity index (χ3n) is 5.09. The van der Waals surface area contributed by atoms with Crippen LogP contribution in [-0.2, 0) is 21.3 Å². The van der Waals surface area contributed by atoms with E-state index in [0.29, 0.717) is 38.6 Å². The number of nitrogens with zero attached hydrogens (tertiary/aromatic N) is 2. The monoisotopic (exact) mass is 432 g/mol. The number of hydrogen-bond acceptors (Lipinski definition) is 5. The number of carbonyl (C=O) groups excluding carboxylic acids is 1. The SMILES string of the molecule is COc1ccc(S(=O)(=O)N2CCOCC2)cc1C(=O)N(Cc1ccccc1)C(C)C. The van der Waals surface area contributed by atoms with Crippen LogP contribution in [-0.4, -0.2) is 63.0 Å². The number of methoxy groups -OCH3 is 1. The van der Waals surface area contributed by atoms with E-state index in [-0.39, 0.29) is 22.4 Å². The Balaban J connectivity index is 1.96. The van der Waals surface area contributed by atoms with Crippen LogP contribution in [0.2, 0.25) is 0 Å². The van der Waals surface area contributed by atoms with E-state index in [1.54, 1.807) is 11.0 Å². The van der Waals surface area contributed by atoms with Crippen molar-refractivity contribution in [1.82, 2.24) is 9.21 Å². The van der Waals surface area contributed by atoms with Crippen molar-refractivity contribution in [3.63, 3.8) is 0 Å². The van der Waals surface area contributed by atoms with Gasteiger partial charge in [0.1, 0.15) is 5.75 Å². The number of ether oxygens (including phenoxy) is 2. The summed E-state index contributed by atoms with van der Waals surface area (Å²) in [6.07, 6.45) is 0. The fraction of sp³-hybridized carbons (Fsp3) is 0.409. The van der Waals surface area contributed by atoms with E-state index in [1.165, 1.54) is 23.5 Å². The van der Waals surface area contributed by atoms with Gasteiger partial charge in [-0.1, -0.05) is 30.3 Å². The standard InChI is InChI=1S/C22H28N2O5S/c1-17(2)24(16-18-7-5-4-6-8-18)22(25)20-15-19(9-10-21(20)28-3)30(26,27)23-11-13-29-14-12-23/h4-10,15,17H,11-14,16H2,1-3H3. The molecule has 2 aromatic carbocycles. The lowest BCUT2D eigenvalue weighted by Crippen LogP contribution is -2.40. The van der Waals surface area contributed by atoms with Gasteiger partial charge in [0.05, 0.1) is 30.8 Å². The van der Waals surface area contributed by atoms with Crippen molar-refractivity contribution in [2.45, 2.75) is 31.3 Å². The van der Waals surface area contributed by atoms with Crippen molar-refractivity contribution in [2.24, 2.45) is 0 Å². The molecule has 0 radical (unpaired) electrons. The smallest absolute Gasteiger partial charge is 0.258 e. The molecule has 1 fully saturated rings. The highest BCUT2D eigenvalue weighted by Gasteiger charge is 2.29. The van der Waals surface area contributed by atoms with Gasteiger partial charge in [-0.25, -0.2) is 8.42 Å². The lowest BCUT2D eigenvalue weighted by molar-refractivity contribution is 0.0686. The molecule has 1 aliphatic rings. The highest BCUT2D eigenvalue weighted by atomic mass is 32.2. The van der Waals surface area contributed by atoms with E-state index in [1.807, 2.05) is 44.2 Å². The third kappa shape index (κ3) is 4.83. The third-order valence-corrected chi connectivity index (χ3v) is 6.98. The highest BCUT2D eigenvalue weighted by molar-refractivity contribution is 7.89. The van der Waals surface area contributed by atoms with Crippen LogP contribution in [0.15, 0.2) is 53.4 Å². The molecular weight excluding hydrogens is 404 g/mol. The quantitative estimate of drug-likeness (QED) is 0.673. The van der Waals surface area contributed by atoms with Crippen LogP contribution in [0.3, 0.4) is 0 Å². The summed E-state index contributed by atoms with van der Waals surface area (Å²) >= 11 is 0. The first-order valence-corrected chi connectivity index (χ1v) is 11.4. The number of rotatable bonds is 7. The van der Waals surface area contributed by atoms with Gasteiger partial charge in [0.25, 0.3) is 5.91 Å². The zero-order valence-corrected chi connectivity index (χ0v) is 18.4. The van der Waals surface area contributed by atoms with E-state index in [0.717, 1.165) is 5.56 Å². The topological polar surface area (TPSA) is 76.1 Å². The Hall–Kier alpha value is -2.42. The molecule has 1 aliphatic heterocycles. The van der Waals surface area contributed by atoms with Gasteiger partial charge in [0, 0.05) is 25.7 Å². The van der Waals surface area contributed by atoms with Crippen LogP contribution >= 0.6 is 0 Å². The Morgan fingerprint density at radius 1 is 1.13 bits per heavy atom. The summed E-state index contributed by atoms with van der Waals surface area (Å²) in [5.41, 5.74) is 1.23. The Bertz CT molecular complexity index is 970. The number of morpholine rings is 1. The number of carbonyl (C=O) groups is 1. The summed E-state index contributed by atoms with van der Waals surface area (Å²) in [5, 5.41) is 0. The van der Waals surface area contributed by atoms with E-state index >= 15 is 0 Å². The van der Waals surface area contributed by atoms with Gasteiger partial charge in [-0.05, 0) is 37.6 Å². The lowest BCUT2D eigenvalue weighted by atomic mass is 10.1. The van der Waals surface area contributed by atoms with Gasteiger partial charge in [0.15, 0.2) is 0 Å². The maximum Gasteiger partial charge on any atom is 0.258 e. The van der Waals surface area contributed by atoms with E-state index in [2.05, 4.69) is 0 Å². The first-order chi connectivity index (χ1) is 14.3. The lowest BCUT2D eigenvalue weighted by Gasteiger charge is -2.29. The maximum atomic E-state index is 13.4. The Morgan fingerprint density at radius 3 is 2.40 bits per heavy atom. The molecule has 162 valence electrons. The van der Waals surface area contributed by atoms with Crippen LogP contribution < -0.4 is 4.74 Å². The molecule has 0 atom stereocenters. The average Bonchev–Trinajstić information content (AvgIpc) is 2.77. The van der Waals surface area contributed by atoms with Gasteiger partial charge in [-0.15, -0.1) is 0 Å². The molecule has 1 heterocycles. The number of amides is 1. The maximum absolute atomic E-state index is 13.4. The molecule has 8 heteroatoms. The predicted molar refractivity (Wildman–Crippen MR) is 114 cm³/mol. The van der Waals surface area contributed by atoms with Gasteiger partial charge in [-0.2, -0.15) is 4.31 Å². The molecule has 2 aromatic rings. The van der Waals surface area contributed by atoms with Crippen molar-refractivity contribution >= 4 is 15.9 Å². The van der Waals surface area contributed by atoms with Crippen LogP contribution in [0.4, 0.5) is 0 Å². The zero-order valence-electron chi connectivity index (χ0n) is 17.6. The van der Waals surface area contributed by atoms with Crippen LogP contribution in [0.25, 0.3) is 0 Å². The van der Waals surface area contributed by atoms with Gasteiger partial charge >= 0.3 is 0 Å². The second kappa shape index (κ2) is 9.59. The first kappa shape index (κ1) is 22.3. The Labute approximate surface area is 178 Å². The van der Waals surface area contributed by atoms with Crippen molar-refractivity contribution in [3.05, 3.63) is 59.7 Å². The van der Waals surface area contributed by atoms with E-state index in [9.17, 15) is 13.2 Å². The molecular formula is C22H28N2O5S. The molecule has 1 saturated heterocycles. The van der Waals surface area contributed by atoms with Crippen LogP contribution in [0, 0.1) is 0 Å². The summed E-state index contributed by atoms with van der Waals surface area (Å²) in [7, 11) is -2.25. The summed E-state index contributed by atoms with van der Waals surface area (Å²) in [5.74, 6) is 0.0735. The fourth-order valence-electron chi connectivity index (χ4n) is 3.37. The molecule has 0 bridgehead atoms. The number of hydrogen-bond donors (Lipinski definition) is 0. The number of benzene rings is 2. The summed E-state index contributed by atoms with van der Waals surface area (Å²) in [6, 6.07) is 14.1. The predicted octanol–water partition coefficient (Wildman–Crippen LogP) is 2.77. The molecule has 7 nitrogen and oxygen atoms in total. The molecule has 0 aliphatic carbocycles. The first-order valence-electron chi connectivity index (χ1n) is 9.95. The minimum absolute atomic E-state index is 0.0805. The molecule has 30 heavy (non-hydrogen) atoms. The molecule has 0 spiro atoms. The molecule has 0 aromatic heterocycles. The second-order valence-electron chi connectivity index (χ2n) is 7.39. The number of sulfonamides is 1. The molecule has 3 rings (SSSR count). The Morgan fingerprint density at radius 2 is 1.80 bits per heavy atom. The van der Waals surface area contributed by atoms with Crippen molar-refractivity contribution in [1.29, 1.82) is 0 Å². The summed E-state index contributed by atoms with van der Waals surface area (Å²) in [4.78, 5) is 15.2. The highest BCUT2D eigenvalue weighted by Crippen LogP contribution is 2.27. The van der Waals surface area contributed by atoms with Gasteiger partial charge in [0.2, 0.25) is 10.0 Å². The minimum atomic E-state index is -3.72. The largest absolute Gasteiger partial charge is 0.496 e. The van der Waals surface area contributed by atoms with Gasteiger partial charge in [-0.3, -0.25) is 4.79 Å². The molecule has 0 unspecified atom stereocenters. The average molecular weight is 433 g/mol. The normalized spacial score (nSPS) is 15.2. The zero-order chi connectivity index (χ0) is 21.7. The molecule has 1 amide bonds. The van der Waals surface area contributed by atoms with Crippen molar-refractivity contribution in [3.8, 4) is 5.75 Å². The fourth-order valence-corrected chi connectivity index (χ4v) is 4.81. The Kier molecular flexibility index (Phi) is 7.12.